The van der Waals surface area contributed by atoms with Crippen LogP contribution in [0.4, 0.5) is 4.79 Å². The van der Waals surface area contributed by atoms with Crippen LogP contribution in [-0.4, -0.2) is 43.0 Å². The smallest absolute Gasteiger partial charge is 0.314 e. The fourth-order valence-electron chi connectivity index (χ4n) is 9.42. The first-order valence-electron chi connectivity index (χ1n) is 15.0. The van der Waals surface area contributed by atoms with E-state index in [1.165, 1.54) is 64.2 Å². The summed E-state index contributed by atoms with van der Waals surface area (Å²) >= 11 is 0. The van der Waals surface area contributed by atoms with Gasteiger partial charge in [-0.2, -0.15) is 0 Å². The van der Waals surface area contributed by atoms with Crippen LogP contribution in [0.1, 0.15) is 111 Å². The van der Waals surface area contributed by atoms with Gasteiger partial charge in [-0.3, -0.25) is 4.79 Å². The van der Waals surface area contributed by atoms with E-state index in [4.69, 9.17) is 0 Å². The molecule has 8 atom stereocenters. The molecule has 35 heavy (non-hydrogen) atoms. The van der Waals surface area contributed by atoms with E-state index in [1.54, 1.807) is 0 Å². The predicted molar refractivity (Wildman–Crippen MR) is 143 cm³/mol. The Morgan fingerprint density at radius 1 is 0.971 bits per heavy atom. The van der Waals surface area contributed by atoms with Crippen molar-refractivity contribution in [1.82, 2.24) is 15.5 Å². The van der Waals surface area contributed by atoms with Crippen molar-refractivity contribution in [3.8, 4) is 0 Å². The van der Waals surface area contributed by atoms with Crippen LogP contribution in [0.3, 0.4) is 0 Å². The van der Waals surface area contributed by atoms with Crippen molar-refractivity contribution in [3.63, 3.8) is 0 Å². The molecule has 2 N–H and O–H groups in total. The zero-order valence-electron chi connectivity index (χ0n) is 23.3. The van der Waals surface area contributed by atoms with Crippen molar-refractivity contribution in [2.24, 2.45) is 40.4 Å². The van der Waals surface area contributed by atoms with E-state index in [1.807, 2.05) is 0 Å². The van der Waals surface area contributed by atoms with E-state index in [9.17, 15) is 9.59 Å². The number of hydrogen-bond donors (Lipinski definition) is 2. The minimum Gasteiger partial charge on any atom is -0.342 e. The van der Waals surface area contributed by atoms with Gasteiger partial charge in [0.2, 0.25) is 5.91 Å². The highest BCUT2D eigenvalue weighted by molar-refractivity contribution is 5.77. The second-order valence-corrected chi connectivity index (χ2v) is 13.2. The number of carbonyl (C=O) groups is 2. The number of likely N-dealkylation sites (tertiary alicyclic amines) is 1. The van der Waals surface area contributed by atoms with Gasteiger partial charge in [-0.25, -0.2) is 4.79 Å². The van der Waals surface area contributed by atoms with E-state index in [0.717, 1.165) is 50.1 Å². The first-order chi connectivity index (χ1) is 16.7. The fraction of sp³-hybridized carbons (Fsp3) is 0.933. The summed E-state index contributed by atoms with van der Waals surface area (Å²) in [5.41, 5.74) is 0.607. The van der Waals surface area contributed by atoms with Crippen molar-refractivity contribution in [1.29, 1.82) is 0 Å². The lowest BCUT2D eigenvalue weighted by Crippen LogP contribution is -2.61. The van der Waals surface area contributed by atoms with Crippen LogP contribution in [-0.2, 0) is 4.79 Å². The zero-order chi connectivity index (χ0) is 25.2. The van der Waals surface area contributed by atoms with Crippen LogP contribution in [0.15, 0.2) is 0 Å². The number of nitrogens with zero attached hydrogens (tertiary/aromatic N) is 1. The van der Waals surface area contributed by atoms with E-state index in [2.05, 4.69) is 50.3 Å². The number of urea groups is 1. The van der Waals surface area contributed by atoms with Crippen molar-refractivity contribution in [2.75, 3.05) is 20.1 Å². The first kappa shape index (κ1) is 26.8. The quantitative estimate of drug-likeness (QED) is 0.371. The number of fused-ring (bicyclic) bond motifs is 5. The monoisotopic (exact) mass is 487 g/mol. The molecule has 1 aliphatic heterocycles. The van der Waals surface area contributed by atoms with Gasteiger partial charge < -0.3 is 15.5 Å². The van der Waals surface area contributed by atoms with Gasteiger partial charge in [0.25, 0.3) is 0 Å². The molecule has 3 amide bonds. The molecule has 1 heterocycles. The highest BCUT2D eigenvalue weighted by Gasteiger charge is 2.62. The molecular weight excluding hydrogens is 434 g/mol. The van der Waals surface area contributed by atoms with Gasteiger partial charge in [0.1, 0.15) is 0 Å². The Morgan fingerprint density at radius 3 is 2.49 bits per heavy atom. The number of piperidine rings is 1. The van der Waals surface area contributed by atoms with Gasteiger partial charge >= 0.3 is 6.03 Å². The topological polar surface area (TPSA) is 61.4 Å². The maximum atomic E-state index is 12.5. The van der Waals surface area contributed by atoms with Crippen LogP contribution in [0, 0.1) is 40.4 Å². The summed E-state index contributed by atoms with van der Waals surface area (Å²) in [5, 5.41) is 6.37. The normalized spacial score (nSPS) is 40.6. The maximum absolute atomic E-state index is 12.5. The summed E-state index contributed by atoms with van der Waals surface area (Å²) in [4.78, 5) is 27.1. The summed E-state index contributed by atoms with van der Waals surface area (Å²) in [7, 11) is 2.05. The lowest BCUT2D eigenvalue weighted by molar-refractivity contribution is -0.158. The molecule has 4 fully saturated rings. The summed E-state index contributed by atoms with van der Waals surface area (Å²) in [6, 6.07) is 0.454. The van der Waals surface area contributed by atoms with Crippen molar-refractivity contribution in [2.45, 2.75) is 117 Å². The number of hydrogen-bond acceptors (Lipinski definition) is 2. The van der Waals surface area contributed by atoms with E-state index >= 15 is 0 Å². The van der Waals surface area contributed by atoms with Crippen molar-refractivity contribution in [3.05, 3.63) is 0 Å². The van der Waals surface area contributed by atoms with Crippen molar-refractivity contribution < 1.29 is 9.59 Å². The number of amides is 3. The van der Waals surface area contributed by atoms with Gasteiger partial charge in [-0.1, -0.05) is 59.8 Å². The molecule has 1 saturated heterocycles. The number of rotatable bonds is 9. The third-order valence-corrected chi connectivity index (χ3v) is 11.5. The van der Waals surface area contributed by atoms with Crippen LogP contribution in [0.5, 0.6) is 0 Å². The minimum atomic E-state index is 0.0226. The molecule has 3 saturated carbocycles. The van der Waals surface area contributed by atoms with Crippen LogP contribution in [0.2, 0.25) is 0 Å². The molecule has 0 aromatic rings. The Hall–Kier alpha value is -1.26. The molecule has 3 unspecified atom stereocenters. The van der Waals surface area contributed by atoms with Crippen LogP contribution in [0.25, 0.3) is 0 Å². The molecule has 3 aliphatic carbocycles. The molecule has 200 valence electrons. The van der Waals surface area contributed by atoms with Gasteiger partial charge in [0.15, 0.2) is 0 Å². The minimum absolute atomic E-state index is 0.0226. The van der Waals surface area contributed by atoms with E-state index < -0.39 is 0 Å². The average Bonchev–Trinajstić information content (AvgIpc) is 3.09. The zero-order valence-corrected chi connectivity index (χ0v) is 23.3. The third-order valence-electron chi connectivity index (χ3n) is 11.5. The second-order valence-electron chi connectivity index (χ2n) is 13.2. The summed E-state index contributed by atoms with van der Waals surface area (Å²) in [6.07, 6.45) is 15.6. The number of carbonyl (C=O) groups excluding carboxylic acids is 2. The molecular formula is C30H53N3O2. The molecule has 4 rings (SSSR count). The molecule has 4 aliphatic rings. The summed E-state index contributed by atoms with van der Waals surface area (Å²) < 4.78 is 0. The highest BCUT2D eigenvalue weighted by Crippen LogP contribution is 2.67. The Bertz CT molecular complexity index is 756. The fourth-order valence-corrected chi connectivity index (χ4v) is 9.42. The highest BCUT2D eigenvalue weighted by atomic mass is 16.2. The average molecular weight is 488 g/mol. The lowest BCUT2D eigenvalue weighted by atomic mass is 9.47. The Kier molecular flexibility index (Phi) is 8.43. The second kappa shape index (κ2) is 11.0. The molecule has 0 aromatic carbocycles. The largest absolute Gasteiger partial charge is 0.342 e. The van der Waals surface area contributed by atoms with Crippen molar-refractivity contribution >= 4 is 11.9 Å². The molecule has 5 heteroatoms. The summed E-state index contributed by atoms with van der Waals surface area (Å²) in [5.74, 6) is 3.86. The van der Waals surface area contributed by atoms with Gasteiger partial charge in [-0.15, -0.1) is 0 Å². The van der Waals surface area contributed by atoms with Gasteiger partial charge in [-0.05, 0) is 85.4 Å². The van der Waals surface area contributed by atoms with E-state index in [-0.39, 0.29) is 11.4 Å². The Morgan fingerprint density at radius 2 is 1.71 bits per heavy atom. The predicted octanol–water partition coefficient (Wildman–Crippen LogP) is 6.37. The molecule has 0 spiro atoms. The number of nitrogens with one attached hydrogen (secondary N) is 2. The van der Waals surface area contributed by atoms with Crippen LogP contribution >= 0.6 is 0 Å². The standard InChI is InChI=1S/C30H53N3O2/c1-6-7-8-9-10-11-18-31-28(35)32-20-25-21(2)19-24-22-12-13-26-30(4,17-15-27(34)33(26)5)23(22)14-16-29(24,25)3/h21-26H,6-20H2,1-5H3,(H2,31,32,35)/t21?,22-,23-,24+,25?,26?,29+,30-/m1/s1. The molecule has 0 aromatic heterocycles. The SMILES string of the molecule is CCCCCCCCNC(=O)NCC1C(C)C[C@H]2[C@@H]3CCC4N(C)C(=O)CC[C@]4(C)[C@@H]3CC[C@]12C. The molecule has 0 radical (unpaired) electrons. The maximum Gasteiger partial charge on any atom is 0.314 e. The van der Waals surface area contributed by atoms with Gasteiger partial charge in [0, 0.05) is 32.6 Å². The van der Waals surface area contributed by atoms with Crippen LogP contribution < -0.4 is 10.6 Å². The molecule has 0 bridgehead atoms. The Labute approximate surface area is 214 Å². The third kappa shape index (κ3) is 5.12. The molecule has 5 nitrogen and oxygen atoms in total. The first-order valence-corrected chi connectivity index (χ1v) is 15.0. The van der Waals surface area contributed by atoms with E-state index in [0.29, 0.717) is 29.2 Å². The summed E-state index contributed by atoms with van der Waals surface area (Å²) in [6.45, 7) is 11.3. The van der Waals surface area contributed by atoms with Gasteiger partial charge in [0.05, 0.1) is 0 Å². The number of unbranched alkanes of at least 4 members (excludes halogenated alkanes) is 5. The lowest BCUT2D eigenvalue weighted by Gasteiger charge is -2.61. The Balaban J connectivity index is 1.31.